The number of likely N-dealkylation sites (tertiary alicyclic amines) is 1. The molecule has 2 aliphatic rings. The molecule has 29 heavy (non-hydrogen) atoms. The van der Waals surface area contributed by atoms with Crippen LogP contribution in [0.4, 0.5) is 0 Å². The Hall–Kier alpha value is -0.860. The van der Waals surface area contributed by atoms with Crippen LogP contribution in [-0.2, 0) is 6.54 Å². The standard InChI is InChI=1S/C23H39N5.HI/c1-4-24-23(25-14-16-27(5-2)22-11-12-22)26-21-13-15-28(19(3)17-21)18-20-9-7-6-8-10-20;/h6-10,19,21-22H,4-5,11-18H2,1-3H3,(H2,24,25,26);1H. The van der Waals surface area contributed by atoms with Crippen LogP contribution < -0.4 is 10.6 Å². The molecular formula is C23H40IN5. The SMILES string of the molecule is CCNC(=NCCN(CC)C1CC1)NC1CCN(Cc2ccccc2)C(C)C1.I. The maximum Gasteiger partial charge on any atom is 0.191 e. The molecule has 1 aromatic carbocycles. The summed E-state index contributed by atoms with van der Waals surface area (Å²) in [7, 11) is 0. The molecule has 164 valence electrons. The third-order valence-electron chi connectivity index (χ3n) is 6.05. The van der Waals surface area contributed by atoms with Gasteiger partial charge in [0.05, 0.1) is 6.54 Å². The van der Waals surface area contributed by atoms with Crippen LogP contribution in [0, 0.1) is 0 Å². The summed E-state index contributed by atoms with van der Waals surface area (Å²) in [6, 6.07) is 12.7. The lowest BCUT2D eigenvalue weighted by Gasteiger charge is -2.38. The van der Waals surface area contributed by atoms with E-state index >= 15 is 0 Å². The average Bonchev–Trinajstić information content (AvgIpc) is 3.53. The molecule has 0 spiro atoms. The Balaban J connectivity index is 0.00000300. The molecule has 2 unspecified atom stereocenters. The van der Waals surface area contributed by atoms with Crippen LogP contribution in [0.5, 0.6) is 0 Å². The Kier molecular flexibility index (Phi) is 10.7. The molecule has 1 aliphatic carbocycles. The van der Waals surface area contributed by atoms with E-state index < -0.39 is 0 Å². The van der Waals surface area contributed by atoms with E-state index in [9.17, 15) is 0 Å². The largest absolute Gasteiger partial charge is 0.357 e. The first-order valence-electron chi connectivity index (χ1n) is 11.3. The Bertz CT molecular complexity index is 605. The lowest BCUT2D eigenvalue weighted by Crippen LogP contribution is -2.51. The Labute approximate surface area is 194 Å². The maximum absolute atomic E-state index is 4.86. The fourth-order valence-corrected chi connectivity index (χ4v) is 4.25. The van der Waals surface area contributed by atoms with Crippen molar-refractivity contribution in [3.8, 4) is 0 Å². The Morgan fingerprint density at radius 3 is 2.55 bits per heavy atom. The van der Waals surface area contributed by atoms with Gasteiger partial charge in [-0.25, -0.2) is 0 Å². The van der Waals surface area contributed by atoms with Crippen LogP contribution in [0.1, 0.15) is 52.0 Å². The molecule has 0 aromatic heterocycles. The molecule has 2 N–H and O–H groups in total. The zero-order valence-corrected chi connectivity index (χ0v) is 20.8. The first-order valence-corrected chi connectivity index (χ1v) is 11.3. The molecule has 5 nitrogen and oxygen atoms in total. The number of hydrogen-bond acceptors (Lipinski definition) is 3. The summed E-state index contributed by atoms with van der Waals surface area (Å²) in [5.41, 5.74) is 1.41. The van der Waals surface area contributed by atoms with Crippen LogP contribution in [0.3, 0.4) is 0 Å². The summed E-state index contributed by atoms with van der Waals surface area (Å²) >= 11 is 0. The zero-order valence-electron chi connectivity index (χ0n) is 18.4. The smallest absolute Gasteiger partial charge is 0.191 e. The highest BCUT2D eigenvalue weighted by Crippen LogP contribution is 2.26. The number of guanidine groups is 1. The van der Waals surface area contributed by atoms with Crippen LogP contribution in [0.2, 0.25) is 0 Å². The van der Waals surface area contributed by atoms with E-state index in [2.05, 4.69) is 71.5 Å². The summed E-state index contributed by atoms with van der Waals surface area (Å²) in [4.78, 5) is 10.0. The highest BCUT2D eigenvalue weighted by atomic mass is 127. The molecule has 1 saturated carbocycles. The fraction of sp³-hybridized carbons (Fsp3) is 0.696. The minimum Gasteiger partial charge on any atom is -0.357 e. The maximum atomic E-state index is 4.86. The topological polar surface area (TPSA) is 42.9 Å². The minimum atomic E-state index is 0. The number of nitrogens with zero attached hydrogens (tertiary/aromatic N) is 3. The molecule has 2 atom stereocenters. The van der Waals surface area contributed by atoms with Gasteiger partial charge in [-0.05, 0) is 51.6 Å². The fourth-order valence-electron chi connectivity index (χ4n) is 4.25. The number of benzene rings is 1. The van der Waals surface area contributed by atoms with Gasteiger partial charge in [0.2, 0.25) is 0 Å². The van der Waals surface area contributed by atoms with Gasteiger partial charge in [-0.2, -0.15) is 0 Å². The summed E-state index contributed by atoms with van der Waals surface area (Å²) in [5.74, 6) is 0.989. The quantitative estimate of drug-likeness (QED) is 0.300. The zero-order chi connectivity index (χ0) is 19.8. The lowest BCUT2D eigenvalue weighted by atomic mass is 9.97. The van der Waals surface area contributed by atoms with E-state index in [-0.39, 0.29) is 24.0 Å². The first kappa shape index (κ1) is 24.4. The van der Waals surface area contributed by atoms with Crippen molar-refractivity contribution >= 4 is 29.9 Å². The highest BCUT2D eigenvalue weighted by Gasteiger charge is 2.28. The van der Waals surface area contributed by atoms with Gasteiger partial charge in [-0.3, -0.25) is 14.8 Å². The van der Waals surface area contributed by atoms with Crippen molar-refractivity contribution < 1.29 is 0 Å². The van der Waals surface area contributed by atoms with Gasteiger partial charge in [0.15, 0.2) is 5.96 Å². The third-order valence-corrected chi connectivity index (χ3v) is 6.05. The number of aliphatic imine (C=N–C) groups is 1. The summed E-state index contributed by atoms with van der Waals surface area (Å²) in [5, 5.41) is 7.14. The van der Waals surface area contributed by atoms with Gasteiger partial charge >= 0.3 is 0 Å². The van der Waals surface area contributed by atoms with Crippen molar-refractivity contribution in [2.45, 2.75) is 71.1 Å². The summed E-state index contributed by atoms with van der Waals surface area (Å²) < 4.78 is 0. The van der Waals surface area contributed by atoms with Crippen LogP contribution in [0.25, 0.3) is 0 Å². The van der Waals surface area contributed by atoms with Crippen molar-refractivity contribution in [3.05, 3.63) is 35.9 Å². The predicted octanol–water partition coefficient (Wildman–Crippen LogP) is 3.70. The van der Waals surface area contributed by atoms with Crippen molar-refractivity contribution in [1.82, 2.24) is 20.4 Å². The van der Waals surface area contributed by atoms with Crippen LogP contribution in [-0.4, -0.2) is 66.6 Å². The van der Waals surface area contributed by atoms with Gasteiger partial charge < -0.3 is 10.6 Å². The summed E-state index contributed by atoms with van der Waals surface area (Å²) in [6.07, 6.45) is 5.08. The van der Waals surface area contributed by atoms with E-state index in [0.29, 0.717) is 12.1 Å². The van der Waals surface area contributed by atoms with Gasteiger partial charge in [0, 0.05) is 44.3 Å². The van der Waals surface area contributed by atoms with Gasteiger partial charge in [-0.1, -0.05) is 37.3 Å². The molecule has 0 amide bonds. The van der Waals surface area contributed by atoms with E-state index in [1.807, 2.05) is 0 Å². The molecule has 1 heterocycles. The number of hydrogen-bond donors (Lipinski definition) is 2. The average molecular weight is 514 g/mol. The van der Waals surface area contributed by atoms with Crippen LogP contribution >= 0.6 is 24.0 Å². The molecule has 0 radical (unpaired) electrons. The molecule has 1 saturated heterocycles. The molecule has 0 bridgehead atoms. The molecule has 1 aliphatic heterocycles. The Morgan fingerprint density at radius 2 is 1.93 bits per heavy atom. The second-order valence-electron chi connectivity index (χ2n) is 8.29. The van der Waals surface area contributed by atoms with E-state index in [0.717, 1.165) is 51.3 Å². The molecule has 3 rings (SSSR count). The number of nitrogens with one attached hydrogen (secondary N) is 2. The van der Waals surface area contributed by atoms with E-state index in [1.54, 1.807) is 0 Å². The van der Waals surface area contributed by atoms with Crippen molar-refractivity contribution in [2.24, 2.45) is 4.99 Å². The molecule has 1 aromatic rings. The third kappa shape index (κ3) is 8.06. The number of likely N-dealkylation sites (N-methyl/N-ethyl adjacent to an activating group) is 1. The van der Waals surface area contributed by atoms with Gasteiger partial charge in [0.25, 0.3) is 0 Å². The molecule has 2 fully saturated rings. The number of halogens is 1. The Morgan fingerprint density at radius 1 is 1.17 bits per heavy atom. The number of rotatable bonds is 9. The predicted molar refractivity (Wildman–Crippen MR) is 134 cm³/mol. The van der Waals surface area contributed by atoms with Crippen molar-refractivity contribution in [2.75, 3.05) is 32.7 Å². The number of piperidine rings is 1. The molecule has 6 heteroatoms. The van der Waals surface area contributed by atoms with Gasteiger partial charge in [-0.15, -0.1) is 24.0 Å². The second kappa shape index (κ2) is 12.7. The highest BCUT2D eigenvalue weighted by molar-refractivity contribution is 14.0. The molecular weight excluding hydrogens is 473 g/mol. The van der Waals surface area contributed by atoms with E-state index in [4.69, 9.17) is 4.99 Å². The van der Waals surface area contributed by atoms with E-state index in [1.165, 1.54) is 31.2 Å². The monoisotopic (exact) mass is 513 g/mol. The van der Waals surface area contributed by atoms with Gasteiger partial charge in [0.1, 0.15) is 0 Å². The van der Waals surface area contributed by atoms with Crippen molar-refractivity contribution in [3.63, 3.8) is 0 Å². The lowest BCUT2D eigenvalue weighted by molar-refractivity contribution is 0.134. The first-order chi connectivity index (χ1) is 13.7. The minimum absolute atomic E-state index is 0. The second-order valence-corrected chi connectivity index (χ2v) is 8.29. The van der Waals surface area contributed by atoms with Crippen molar-refractivity contribution in [1.29, 1.82) is 0 Å². The summed E-state index contributed by atoms with van der Waals surface area (Å²) in [6.45, 7) is 13.0. The van der Waals surface area contributed by atoms with Crippen LogP contribution in [0.15, 0.2) is 35.3 Å². The normalized spacial score (nSPS) is 23.0.